The molecule has 0 aromatic rings. The number of esters is 5. The Morgan fingerprint density at radius 1 is 0.639 bits per heavy atom. The van der Waals surface area contributed by atoms with Gasteiger partial charge in [-0.05, 0) is 216 Å². The SMILES string of the molecule is C=C(C)C(=O)OC(C)(C)C12CC3CC(CC(C3)C1)C2.C=C(C)C(=O)OC1(CC)CC2CC1C1C3CCC(C3)C21.C=C(C)C(=O)OC12CC3CC(CC(O)(C3)C1)C2.C=C(C)C(=O)OC1C2CC3C(=O)OC1C3O2. The van der Waals surface area contributed by atoms with E-state index in [2.05, 4.69) is 47.1 Å². The van der Waals surface area contributed by atoms with Crippen molar-refractivity contribution in [2.24, 2.45) is 76.4 Å². The molecule has 0 aromatic carbocycles. The summed E-state index contributed by atoms with van der Waals surface area (Å²) in [6, 6.07) is 0. The molecule has 0 radical (unpaired) electrons. The Morgan fingerprint density at radius 2 is 1.18 bits per heavy atom. The monoisotopic (exact) mass is 997 g/mol. The molecule has 0 spiro atoms. The molecule has 0 aromatic heterocycles. The van der Waals surface area contributed by atoms with Crippen molar-refractivity contribution in [2.45, 2.75) is 217 Å². The maximum absolute atomic E-state index is 12.1. The molecule has 396 valence electrons. The first-order valence-corrected chi connectivity index (χ1v) is 28.0. The summed E-state index contributed by atoms with van der Waals surface area (Å²) < 4.78 is 33.5. The predicted molar refractivity (Wildman–Crippen MR) is 268 cm³/mol. The summed E-state index contributed by atoms with van der Waals surface area (Å²) in [5.41, 5.74) is 0.603. The molecule has 14 unspecified atom stereocenters. The van der Waals surface area contributed by atoms with Crippen LogP contribution in [-0.4, -0.2) is 81.8 Å². The van der Waals surface area contributed by atoms with E-state index in [0.29, 0.717) is 52.9 Å². The van der Waals surface area contributed by atoms with Crippen LogP contribution in [0.4, 0.5) is 0 Å². The highest BCUT2D eigenvalue weighted by Gasteiger charge is 2.68. The summed E-state index contributed by atoms with van der Waals surface area (Å²) >= 11 is 0. The second kappa shape index (κ2) is 18.5. The standard InChI is InChI=1S/C18H26O2.C17H26O2.C14H20O3.C11H12O5/c1-4-18(20-17(19)10(2)3)9-13-8-14(18)16-12-6-5-11(7-12)15(13)16;1-11(2)15(18)19-16(3,4)17-8-12-5-13(9-17)7-14(6-12)10-17;1-9(2)12(15)17-14-6-10-3-11(7-14)5-13(16,4-10)8-14;1-4(2)10(12)15-8-6-3-5-7(14-6)9(8)16-11(5)13/h11-16H,2,4-9H2,1,3H3;12-14H,1,5-10H2,2-4H3;10-11,16H,1,3-8H2,2H3;5-9H,1,3H2,2H3. The highest BCUT2D eigenvalue weighted by atomic mass is 16.7. The number of carbonyl (C=O) groups excluding carboxylic acids is 5. The molecule has 15 aliphatic rings. The predicted octanol–water partition coefficient (Wildman–Crippen LogP) is 10.4. The number of rotatable bonds is 10. The summed E-state index contributed by atoms with van der Waals surface area (Å²) in [7, 11) is 0. The first-order valence-electron chi connectivity index (χ1n) is 28.0. The molecular weight excluding hydrogens is 913 g/mol. The van der Waals surface area contributed by atoms with Gasteiger partial charge in [0.25, 0.3) is 0 Å². The van der Waals surface area contributed by atoms with Gasteiger partial charge in [0.1, 0.15) is 22.9 Å². The van der Waals surface area contributed by atoms with E-state index in [-0.39, 0.29) is 58.6 Å². The fourth-order valence-electron chi connectivity index (χ4n) is 19.0. The van der Waals surface area contributed by atoms with E-state index in [1.54, 1.807) is 27.7 Å². The minimum absolute atomic E-state index is 0.158. The van der Waals surface area contributed by atoms with Gasteiger partial charge in [-0.25, -0.2) is 19.2 Å². The first-order chi connectivity index (χ1) is 33.8. The van der Waals surface area contributed by atoms with E-state index in [4.69, 9.17) is 28.4 Å². The number of ether oxygens (including phenoxy) is 6. The molecule has 14 bridgehead atoms. The van der Waals surface area contributed by atoms with Gasteiger partial charge in [0.15, 0.2) is 12.2 Å². The first kappa shape index (κ1) is 51.7. The summed E-state index contributed by atoms with van der Waals surface area (Å²) in [5.74, 6) is 7.46. The van der Waals surface area contributed by atoms with Crippen LogP contribution in [0.15, 0.2) is 48.6 Å². The van der Waals surface area contributed by atoms with Gasteiger partial charge in [0, 0.05) is 40.0 Å². The largest absolute Gasteiger partial charge is 0.456 e. The third-order valence-corrected chi connectivity index (χ3v) is 21.2. The van der Waals surface area contributed by atoms with Gasteiger partial charge >= 0.3 is 29.8 Å². The molecular formula is C60H84O12. The van der Waals surface area contributed by atoms with Crippen LogP contribution < -0.4 is 0 Å². The summed E-state index contributed by atoms with van der Waals surface area (Å²) in [5, 5.41) is 10.5. The Balaban J connectivity index is 0.000000111. The fourth-order valence-corrected chi connectivity index (χ4v) is 19.0. The van der Waals surface area contributed by atoms with Gasteiger partial charge in [-0.15, -0.1) is 0 Å². The van der Waals surface area contributed by atoms with Crippen molar-refractivity contribution < 1.29 is 57.5 Å². The smallest absolute Gasteiger partial charge is 0.333 e. The Hall–Kier alpha value is -3.77. The van der Waals surface area contributed by atoms with Crippen molar-refractivity contribution in [3.05, 3.63) is 48.6 Å². The molecule has 14 atom stereocenters. The van der Waals surface area contributed by atoms with Crippen LogP contribution in [0.2, 0.25) is 0 Å². The third kappa shape index (κ3) is 9.07. The Bertz CT molecular complexity index is 2240. The van der Waals surface area contributed by atoms with Gasteiger partial charge < -0.3 is 33.5 Å². The number of carbonyl (C=O) groups is 5. The van der Waals surface area contributed by atoms with Crippen molar-refractivity contribution in [2.75, 3.05) is 0 Å². The third-order valence-electron chi connectivity index (χ3n) is 21.2. The van der Waals surface area contributed by atoms with E-state index in [1.807, 2.05) is 0 Å². The van der Waals surface area contributed by atoms with Gasteiger partial charge in [0.05, 0.1) is 17.6 Å². The fraction of sp³-hybridized carbons (Fsp3) is 0.783. The molecule has 12 aliphatic carbocycles. The van der Waals surface area contributed by atoms with Crippen LogP contribution in [-0.2, 0) is 52.4 Å². The number of fused-ring (bicyclic) bond motifs is 10. The van der Waals surface area contributed by atoms with Crippen molar-refractivity contribution in [3.8, 4) is 0 Å². The highest BCUT2D eigenvalue weighted by Crippen LogP contribution is 2.71. The summed E-state index contributed by atoms with van der Waals surface area (Å²) in [6.45, 7) is 27.8. The zero-order chi connectivity index (χ0) is 51.6. The normalized spacial score (nSPS) is 45.6. The van der Waals surface area contributed by atoms with Crippen LogP contribution in [0.3, 0.4) is 0 Å². The van der Waals surface area contributed by atoms with Crippen LogP contribution in [0.5, 0.6) is 0 Å². The lowest BCUT2D eigenvalue weighted by atomic mass is 9.46. The molecule has 15 rings (SSSR count). The number of hydrogen-bond acceptors (Lipinski definition) is 12. The average molecular weight is 997 g/mol. The Morgan fingerprint density at radius 3 is 1.72 bits per heavy atom. The average Bonchev–Trinajstić information content (AvgIpc) is 4.16. The summed E-state index contributed by atoms with van der Waals surface area (Å²) in [4.78, 5) is 58.5. The van der Waals surface area contributed by atoms with Crippen molar-refractivity contribution >= 4 is 29.8 Å². The molecule has 0 amide bonds. The molecule has 12 nitrogen and oxygen atoms in total. The van der Waals surface area contributed by atoms with E-state index in [9.17, 15) is 29.1 Å². The quantitative estimate of drug-likeness (QED) is 0.0956. The molecule has 1 N–H and O–H groups in total. The lowest BCUT2D eigenvalue weighted by molar-refractivity contribution is -0.217. The highest BCUT2D eigenvalue weighted by molar-refractivity contribution is 5.88. The van der Waals surface area contributed by atoms with Crippen molar-refractivity contribution in [1.82, 2.24) is 0 Å². The molecule has 3 saturated heterocycles. The van der Waals surface area contributed by atoms with E-state index < -0.39 is 29.4 Å². The molecule has 12 heteroatoms. The van der Waals surface area contributed by atoms with E-state index in [1.165, 1.54) is 70.6 Å². The molecule has 3 aliphatic heterocycles. The maximum Gasteiger partial charge on any atom is 0.333 e. The molecule has 3 heterocycles. The topological polar surface area (TPSA) is 161 Å². The van der Waals surface area contributed by atoms with Gasteiger partial charge in [-0.3, -0.25) is 4.79 Å². The zero-order valence-electron chi connectivity index (χ0n) is 44.4. The number of aliphatic hydroxyl groups is 1. The van der Waals surface area contributed by atoms with E-state index in [0.717, 1.165) is 85.9 Å². The van der Waals surface area contributed by atoms with Crippen molar-refractivity contribution in [3.63, 3.8) is 0 Å². The Labute approximate surface area is 428 Å². The van der Waals surface area contributed by atoms with E-state index >= 15 is 0 Å². The van der Waals surface area contributed by atoms with Gasteiger partial charge in [0.2, 0.25) is 0 Å². The number of hydrogen-bond donors (Lipinski definition) is 1. The lowest BCUT2D eigenvalue weighted by Gasteiger charge is -2.61. The summed E-state index contributed by atoms with van der Waals surface area (Å²) in [6.07, 6.45) is 20.6. The Kier molecular flexibility index (Phi) is 13.3. The molecule has 12 saturated carbocycles. The van der Waals surface area contributed by atoms with Gasteiger partial charge in [-0.2, -0.15) is 0 Å². The lowest BCUT2D eigenvalue weighted by Crippen LogP contribution is -2.60. The molecule has 15 fully saturated rings. The van der Waals surface area contributed by atoms with Crippen LogP contribution in [0.25, 0.3) is 0 Å². The minimum atomic E-state index is -0.570. The van der Waals surface area contributed by atoms with Crippen molar-refractivity contribution in [1.29, 1.82) is 0 Å². The van der Waals surface area contributed by atoms with Crippen LogP contribution in [0, 0.1) is 76.4 Å². The van der Waals surface area contributed by atoms with Gasteiger partial charge in [-0.1, -0.05) is 33.2 Å². The second-order valence-corrected chi connectivity index (χ2v) is 26.8. The zero-order valence-corrected chi connectivity index (χ0v) is 44.4. The second-order valence-electron chi connectivity index (χ2n) is 26.8. The van der Waals surface area contributed by atoms with Crippen LogP contribution >= 0.6 is 0 Å². The molecule has 72 heavy (non-hydrogen) atoms. The van der Waals surface area contributed by atoms with Crippen LogP contribution in [0.1, 0.15) is 170 Å². The maximum atomic E-state index is 12.1. The minimum Gasteiger partial charge on any atom is -0.456 e.